The minimum Gasteiger partial charge on any atom is -0.481 e. The quantitative estimate of drug-likeness (QED) is 0.805. The molecule has 15 heavy (non-hydrogen) atoms. The number of carboxylic acid groups (broad SMARTS) is 1. The predicted octanol–water partition coefficient (Wildman–Crippen LogP) is 3.35. The molecular weight excluding hydrogens is 208 g/mol. The Morgan fingerprint density at radius 1 is 1.40 bits per heavy atom. The van der Waals surface area contributed by atoms with Gasteiger partial charge >= 0.3 is 5.97 Å². The fourth-order valence-electron chi connectivity index (χ4n) is 1.41. The molecule has 3 heteroatoms. The molecule has 0 aliphatic carbocycles. The minimum atomic E-state index is -0.717. The third-order valence-electron chi connectivity index (χ3n) is 2.18. The fraction of sp³-hybridized carbons (Fsp3) is 0.417. The second-order valence-electron chi connectivity index (χ2n) is 3.32. The zero-order chi connectivity index (χ0) is 11.1. The maximum absolute atomic E-state index is 10.4. The zero-order valence-corrected chi connectivity index (χ0v) is 9.67. The molecule has 2 nitrogen and oxygen atoms in total. The van der Waals surface area contributed by atoms with E-state index in [2.05, 4.69) is 19.1 Å². The van der Waals surface area contributed by atoms with Gasteiger partial charge in [-0.2, -0.15) is 11.8 Å². The summed E-state index contributed by atoms with van der Waals surface area (Å²) in [4.78, 5) is 10.4. The third kappa shape index (κ3) is 4.38. The van der Waals surface area contributed by atoms with Crippen molar-refractivity contribution in [3.63, 3.8) is 0 Å². The van der Waals surface area contributed by atoms with Crippen molar-refractivity contribution in [2.45, 2.75) is 25.0 Å². The molecule has 0 radical (unpaired) electrons. The maximum Gasteiger partial charge on any atom is 0.304 e. The fourth-order valence-corrected chi connectivity index (χ4v) is 2.57. The van der Waals surface area contributed by atoms with E-state index in [0.717, 1.165) is 6.42 Å². The summed E-state index contributed by atoms with van der Waals surface area (Å²) in [6.45, 7) is 2.13. The van der Waals surface area contributed by atoms with Gasteiger partial charge in [0.25, 0.3) is 0 Å². The van der Waals surface area contributed by atoms with E-state index in [9.17, 15) is 4.79 Å². The molecule has 0 fully saturated rings. The topological polar surface area (TPSA) is 37.3 Å². The molecule has 1 aromatic carbocycles. The van der Waals surface area contributed by atoms with Gasteiger partial charge in [0.15, 0.2) is 0 Å². The van der Waals surface area contributed by atoms with E-state index in [0.29, 0.717) is 11.0 Å². The van der Waals surface area contributed by atoms with Gasteiger partial charge in [-0.1, -0.05) is 37.3 Å². The van der Waals surface area contributed by atoms with Crippen LogP contribution in [0.1, 0.15) is 30.6 Å². The van der Waals surface area contributed by atoms with Gasteiger partial charge in [0.1, 0.15) is 0 Å². The van der Waals surface area contributed by atoms with E-state index in [1.165, 1.54) is 5.56 Å². The van der Waals surface area contributed by atoms with Crippen LogP contribution in [0.3, 0.4) is 0 Å². The van der Waals surface area contributed by atoms with Crippen molar-refractivity contribution in [1.82, 2.24) is 0 Å². The van der Waals surface area contributed by atoms with Gasteiger partial charge in [0.2, 0.25) is 0 Å². The normalized spacial score (nSPS) is 12.3. The number of rotatable bonds is 6. The number of hydrogen-bond acceptors (Lipinski definition) is 2. The second-order valence-corrected chi connectivity index (χ2v) is 4.63. The van der Waals surface area contributed by atoms with Crippen LogP contribution in [0, 0.1) is 0 Å². The average molecular weight is 224 g/mol. The highest BCUT2D eigenvalue weighted by Gasteiger charge is 2.09. The Morgan fingerprint density at radius 3 is 2.60 bits per heavy atom. The Balaban J connectivity index is 2.46. The lowest BCUT2D eigenvalue weighted by molar-refractivity contribution is -0.136. The largest absolute Gasteiger partial charge is 0.481 e. The number of carboxylic acids is 1. The summed E-state index contributed by atoms with van der Waals surface area (Å²) in [6, 6.07) is 10.2. The number of benzene rings is 1. The summed E-state index contributed by atoms with van der Waals surface area (Å²) in [5.41, 5.74) is 1.29. The van der Waals surface area contributed by atoms with Crippen LogP contribution in [0.15, 0.2) is 30.3 Å². The van der Waals surface area contributed by atoms with Crippen molar-refractivity contribution < 1.29 is 9.90 Å². The van der Waals surface area contributed by atoms with Crippen LogP contribution in [0.2, 0.25) is 0 Å². The standard InChI is InChI=1S/C12H16O2S/c1-2-11(15-9-8-12(13)14)10-6-4-3-5-7-10/h3-7,11H,2,8-9H2,1H3,(H,13,14). The Labute approximate surface area is 94.7 Å². The monoisotopic (exact) mass is 224 g/mol. The van der Waals surface area contributed by atoms with E-state index in [-0.39, 0.29) is 6.42 Å². The molecule has 82 valence electrons. The molecular formula is C12H16O2S. The molecule has 1 atom stereocenters. The smallest absolute Gasteiger partial charge is 0.304 e. The average Bonchev–Trinajstić information content (AvgIpc) is 2.25. The molecule has 1 N–H and O–H groups in total. The van der Waals surface area contributed by atoms with Gasteiger partial charge in [-0.05, 0) is 12.0 Å². The number of carbonyl (C=O) groups is 1. The Morgan fingerprint density at radius 2 is 2.07 bits per heavy atom. The van der Waals surface area contributed by atoms with Gasteiger partial charge < -0.3 is 5.11 Å². The second kappa shape index (κ2) is 6.51. The van der Waals surface area contributed by atoms with E-state index < -0.39 is 5.97 Å². The van der Waals surface area contributed by atoms with E-state index in [1.54, 1.807) is 11.8 Å². The van der Waals surface area contributed by atoms with Gasteiger partial charge in [-0.3, -0.25) is 4.79 Å². The van der Waals surface area contributed by atoms with Crippen molar-refractivity contribution in [2.75, 3.05) is 5.75 Å². The Kier molecular flexibility index (Phi) is 5.26. The van der Waals surface area contributed by atoms with Crippen LogP contribution in [0.5, 0.6) is 0 Å². The molecule has 1 rings (SSSR count). The number of thioether (sulfide) groups is 1. The lowest BCUT2D eigenvalue weighted by Gasteiger charge is -2.13. The van der Waals surface area contributed by atoms with Gasteiger partial charge in [0, 0.05) is 11.0 Å². The Hall–Kier alpha value is -0.960. The van der Waals surface area contributed by atoms with Gasteiger partial charge in [-0.15, -0.1) is 0 Å². The minimum absolute atomic E-state index is 0.244. The summed E-state index contributed by atoms with van der Waals surface area (Å²) in [5.74, 6) is -0.0339. The highest BCUT2D eigenvalue weighted by molar-refractivity contribution is 7.99. The zero-order valence-electron chi connectivity index (χ0n) is 8.85. The third-order valence-corrected chi connectivity index (χ3v) is 3.62. The molecule has 0 bridgehead atoms. The van der Waals surface area contributed by atoms with E-state index in [4.69, 9.17) is 5.11 Å². The van der Waals surface area contributed by atoms with E-state index in [1.807, 2.05) is 18.2 Å². The Bertz CT molecular complexity index is 298. The molecule has 1 aromatic rings. The van der Waals surface area contributed by atoms with E-state index >= 15 is 0 Å². The molecule has 0 aliphatic rings. The summed E-state index contributed by atoms with van der Waals surface area (Å²) >= 11 is 1.72. The van der Waals surface area contributed by atoms with Crippen molar-refractivity contribution in [3.05, 3.63) is 35.9 Å². The van der Waals surface area contributed by atoms with Crippen LogP contribution >= 0.6 is 11.8 Å². The highest BCUT2D eigenvalue weighted by Crippen LogP contribution is 2.31. The van der Waals surface area contributed by atoms with Gasteiger partial charge in [0.05, 0.1) is 6.42 Å². The first kappa shape index (κ1) is 12.1. The summed E-state index contributed by atoms with van der Waals surface area (Å²) in [5, 5.41) is 8.98. The first-order chi connectivity index (χ1) is 7.24. The molecule has 1 unspecified atom stereocenters. The molecule has 0 saturated carbocycles. The van der Waals surface area contributed by atoms with Crippen LogP contribution in [0.25, 0.3) is 0 Å². The molecule has 0 spiro atoms. The lowest BCUT2D eigenvalue weighted by atomic mass is 10.1. The molecule has 0 amide bonds. The van der Waals surface area contributed by atoms with Gasteiger partial charge in [-0.25, -0.2) is 0 Å². The summed E-state index contributed by atoms with van der Waals surface area (Å²) in [7, 11) is 0. The summed E-state index contributed by atoms with van der Waals surface area (Å²) in [6.07, 6.45) is 1.28. The summed E-state index contributed by atoms with van der Waals surface area (Å²) < 4.78 is 0. The molecule has 0 aliphatic heterocycles. The highest BCUT2D eigenvalue weighted by atomic mass is 32.2. The van der Waals surface area contributed by atoms with Crippen molar-refractivity contribution in [2.24, 2.45) is 0 Å². The SMILES string of the molecule is CCC(SCCC(=O)O)c1ccccc1. The lowest BCUT2D eigenvalue weighted by Crippen LogP contribution is -1.99. The molecule has 0 heterocycles. The van der Waals surface area contributed by atoms with Crippen molar-refractivity contribution in [3.8, 4) is 0 Å². The van der Waals surface area contributed by atoms with Crippen molar-refractivity contribution in [1.29, 1.82) is 0 Å². The first-order valence-electron chi connectivity index (χ1n) is 5.12. The van der Waals surface area contributed by atoms with Crippen LogP contribution < -0.4 is 0 Å². The molecule has 0 saturated heterocycles. The number of hydrogen-bond donors (Lipinski definition) is 1. The molecule has 0 aromatic heterocycles. The first-order valence-corrected chi connectivity index (χ1v) is 6.17. The number of aliphatic carboxylic acids is 1. The van der Waals surface area contributed by atoms with Crippen LogP contribution in [-0.2, 0) is 4.79 Å². The maximum atomic E-state index is 10.4. The predicted molar refractivity (Wildman–Crippen MR) is 64.2 cm³/mol. The van der Waals surface area contributed by atoms with Crippen LogP contribution in [-0.4, -0.2) is 16.8 Å². The van der Waals surface area contributed by atoms with Crippen molar-refractivity contribution >= 4 is 17.7 Å². The van der Waals surface area contributed by atoms with Crippen LogP contribution in [0.4, 0.5) is 0 Å².